The van der Waals surface area contributed by atoms with Gasteiger partial charge in [-0.1, -0.05) is 19.1 Å². The minimum absolute atomic E-state index is 0.166. The number of amides is 1. The van der Waals surface area contributed by atoms with Gasteiger partial charge in [0.05, 0.1) is 10.9 Å². The molecular formula is C13H22N2OS. The summed E-state index contributed by atoms with van der Waals surface area (Å²) in [5, 5.41) is 0. The van der Waals surface area contributed by atoms with Crippen molar-refractivity contribution < 1.29 is 4.79 Å². The summed E-state index contributed by atoms with van der Waals surface area (Å²) in [5.74, 6) is 1.39. The summed E-state index contributed by atoms with van der Waals surface area (Å²) >= 11 is 5.00. The van der Waals surface area contributed by atoms with E-state index in [1.165, 1.54) is 25.7 Å². The molecule has 0 aromatic heterocycles. The van der Waals surface area contributed by atoms with E-state index in [1.807, 2.05) is 11.8 Å². The van der Waals surface area contributed by atoms with E-state index in [9.17, 15) is 4.79 Å². The largest absolute Gasteiger partial charge is 0.393 e. The molecule has 17 heavy (non-hydrogen) atoms. The minimum atomic E-state index is -0.248. The number of nitrogens with zero attached hydrogens (tertiary/aromatic N) is 1. The Hall–Kier alpha value is -0.640. The quantitative estimate of drug-likeness (QED) is 0.706. The standard InChI is InChI=1S/C13H22N2OS/c1-2-11(12(14)17)13(16)15(7-9-3-4-9)8-10-5-6-10/h9-11H,2-8H2,1H3,(H2,14,17). The fourth-order valence-corrected chi connectivity index (χ4v) is 2.46. The van der Waals surface area contributed by atoms with E-state index in [1.54, 1.807) is 0 Å². The lowest BCUT2D eigenvalue weighted by Gasteiger charge is -2.26. The van der Waals surface area contributed by atoms with Crippen LogP contribution in [0.2, 0.25) is 0 Å². The first-order valence-electron chi connectivity index (χ1n) is 6.70. The molecule has 96 valence electrons. The summed E-state index contributed by atoms with van der Waals surface area (Å²) < 4.78 is 0. The van der Waals surface area contributed by atoms with Crippen LogP contribution in [0.4, 0.5) is 0 Å². The molecule has 2 fully saturated rings. The van der Waals surface area contributed by atoms with Crippen LogP contribution in [0.3, 0.4) is 0 Å². The molecule has 0 spiro atoms. The molecule has 4 heteroatoms. The first kappa shape index (κ1) is 12.8. The second kappa shape index (κ2) is 5.34. The molecule has 3 nitrogen and oxygen atoms in total. The molecule has 2 aliphatic rings. The summed E-state index contributed by atoms with van der Waals surface area (Å²) in [6.45, 7) is 3.83. The molecule has 0 bridgehead atoms. The van der Waals surface area contributed by atoms with Gasteiger partial charge in [-0.3, -0.25) is 4.79 Å². The summed E-state index contributed by atoms with van der Waals surface area (Å²) in [6, 6.07) is 0. The van der Waals surface area contributed by atoms with Crippen LogP contribution in [0.15, 0.2) is 0 Å². The van der Waals surface area contributed by atoms with Gasteiger partial charge < -0.3 is 10.6 Å². The van der Waals surface area contributed by atoms with E-state index in [-0.39, 0.29) is 11.8 Å². The summed E-state index contributed by atoms with van der Waals surface area (Å²) in [6.07, 6.45) is 5.83. The van der Waals surface area contributed by atoms with E-state index >= 15 is 0 Å². The van der Waals surface area contributed by atoms with E-state index in [2.05, 4.69) is 0 Å². The summed E-state index contributed by atoms with van der Waals surface area (Å²) in [4.78, 5) is 14.8. The summed E-state index contributed by atoms with van der Waals surface area (Å²) in [5.41, 5.74) is 5.66. The second-order valence-electron chi connectivity index (χ2n) is 5.49. The number of hydrogen-bond acceptors (Lipinski definition) is 2. The molecule has 2 aliphatic carbocycles. The average Bonchev–Trinajstić information content (AvgIpc) is 3.11. The van der Waals surface area contributed by atoms with Crippen LogP contribution in [0.1, 0.15) is 39.0 Å². The maximum atomic E-state index is 12.4. The van der Waals surface area contributed by atoms with Crippen LogP contribution in [0.25, 0.3) is 0 Å². The van der Waals surface area contributed by atoms with Gasteiger partial charge in [0, 0.05) is 13.1 Å². The van der Waals surface area contributed by atoms with Crippen molar-refractivity contribution in [3.8, 4) is 0 Å². The molecule has 2 rings (SSSR count). The molecule has 1 atom stereocenters. The summed E-state index contributed by atoms with van der Waals surface area (Å²) in [7, 11) is 0. The van der Waals surface area contributed by atoms with Crippen molar-refractivity contribution in [2.75, 3.05) is 13.1 Å². The van der Waals surface area contributed by atoms with Crippen molar-refractivity contribution in [2.45, 2.75) is 39.0 Å². The van der Waals surface area contributed by atoms with E-state index in [0.717, 1.165) is 31.3 Å². The van der Waals surface area contributed by atoms with Gasteiger partial charge in [0.2, 0.25) is 5.91 Å². The third-order valence-corrected chi connectivity index (χ3v) is 4.00. The Morgan fingerprint density at radius 2 is 1.76 bits per heavy atom. The molecule has 0 heterocycles. The fraction of sp³-hybridized carbons (Fsp3) is 0.846. The maximum absolute atomic E-state index is 12.4. The Balaban J connectivity index is 1.95. The van der Waals surface area contributed by atoms with Crippen molar-refractivity contribution in [2.24, 2.45) is 23.5 Å². The predicted octanol–water partition coefficient (Wildman–Crippen LogP) is 1.95. The van der Waals surface area contributed by atoms with Crippen LogP contribution < -0.4 is 5.73 Å². The molecule has 1 amide bonds. The average molecular weight is 254 g/mol. The zero-order valence-corrected chi connectivity index (χ0v) is 11.3. The zero-order chi connectivity index (χ0) is 12.4. The highest BCUT2D eigenvalue weighted by Gasteiger charge is 2.34. The second-order valence-corrected chi connectivity index (χ2v) is 5.96. The lowest BCUT2D eigenvalue weighted by atomic mass is 10.0. The molecule has 0 aliphatic heterocycles. The predicted molar refractivity (Wildman–Crippen MR) is 72.6 cm³/mol. The molecule has 2 N–H and O–H groups in total. The van der Waals surface area contributed by atoms with Crippen molar-refractivity contribution >= 4 is 23.1 Å². The smallest absolute Gasteiger partial charge is 0.232 e. The number of carbonyl (C=O) groups excluding carboxylic acids is 1. The van der Waals surface area contributed by atoms with Crippen molar-refractivity contribution in [3.63, 3.8) is 0 Å². The number of carbonyl (C=O) groups is 1. The fourth-order valence-electron chi connectivity index (χ4n) is 2.20. The zero-order valence-electron chi connectivity index (χ0n) is 10.5. The normalized spacial score (nSPS) is 21.0. The molecule has 0 aromatic rings. The maximum Gasteiger partial charge on any atom is 0.232 e. The molecule has 0 radical (unpaired) electrons. The number of hydrogen-bond donors (Lipinski definition) is 1. The van der Waals surface area contributed by atoms with Crippen LogP contribution >= 0.6 is 12.2 Å². The molecule has 2 saturated carbocycles. The monoisotopic (exact) mass is 254 g/mol. The van der Waals surface area contributed by atoms with Gasteiger partial charge in [-0.2, -0.15) is 0 Å². The van der Waals surface area contributed by atoms with Gasteiger partial charge in [0.1, 0.15) is 0 Å². The highest BCUT2D eigenvalue weighted by atomic mass is 32.1. The van der Waals surface area contributed by atoms with Crippen LogP contribution in [0.5, 0.6) is 0 Å². The molecule has 0 aromatic carbocycles. The minimum Gasteiger partial charge on any atom is -0.393 e. The van der Waals surface area contributed by atoms with Crippen molar-refractivity contribution in [1.29, 1.82) is 0 Å². The molecule has 1 unspecified atom stereocenters. The van der Waals surface area contributed by atoms with Gasteiger partial charge in [0.25, 0.3) is 0 Å². The third kappa shape index (κ3) is 3.66. The van der Waals surface area contributed by atoms with Gasteiger partial charge in [-0.05, 0) is 43.9 Å². The van der Waals surface area contributed by atoms with Crippen LogP contribution in [-0.2, 0) is 4.79 Å². The van der Waals surface area contributed by atoms with Crippen LogP contribution in [0, 0.1) is 17.8 Å². The molecule has 0 saturated heterocycles. The lowest BCUT2D eigenvalue weighted by molar-refractivity contribution is -0.133. The number of thiocarbonyl (C=S) groups is 1. The third-order valence-electron chi connectivity index (χ3n) is 3.71. The van der Waals surface area contributed by atoms with Gasteiger partial charge in [-0.15, -0.1) is 0 Å². The van der Waals surface area contributed by atoms with Crippen molar-refractivity contribution in [1.82, 2.24) is 4.90 Å². The topological polar surface area (TPSA) is 46.3 Å². The lowest BCUT2D eigenvalue weighted by Crippen LogP contribution is -2.43. The first-order chi connectivity index (χ1) is 8.11. The van der Waals surface area contributed by atoms with Crippen molar-refractivity contribution in [3.05, 3.63) is 0 Å². The van der Waals surface area contributed by atoms with Gasteiger partial charge in [0.15, 0.2) is 0 Å². The van der Waals surface area contributed by atoms with E-state index in [0.29, 0.717) is 4.99 Å². The van der Waals surface area contributed by atoms with Gasteiger partial charge >= 0.3 is 0 Å². The highest BCUT2D eigenvalue weighted by molar-refractivity contribution is 7.80. The molecular weight excluding hydrogens is 232 g/mol. The number of rotatable bonds is 7. The van der Waals surface area contributed by atoms with Crippen LogP contribution in [-0.4, -0.2) is 28.9 Å². The first-order valence-corrected chi connectivity index (χ1v) is 7.10. The van der Waals surface area contributed by atoms with E-state index in [4.69, 9.17) is 18.0 Å². The van der Waals surface area contributed by atoms with Gasteiger partial charge in [-0.25, -0.2) is 0 Å². The Labute approximate surface area is 109 Å². The Kier molecular flexibility index (Phi) is 4.02. The Morgan fingerprint density at radius 3 is 2.06 bits per heavy atom. The highest BCUT2D eigenvalue weighted by Crippen LogP contribution is 2.34. The van der Waals surface area contributed by atoms with E-state index < -0.39 is 0 Å². The SMILES string of the molecule is CCC(C(=O)N(CC1CC1)CC1CC1)C(N)=S. The number of nitrogens with two attached hydrogens (primary N) is 1. The Morgan fingerprint density at radius 1 is 1.29 bits per heavy atom. The Bertz CT molecular complexity index is 297.